The molecule has 0 unspecified atom stereocenters. The summed E-state index contributed by atoms with van der Waals surface area (Å²) in [5.74, 6) is 2.40. The minimum Gasteiger partial charge on any atom is -0.505 e. The van der Waals surface area contributed by atoms with Crippen LogP contribution in [0.3, 0.4) is 0 Å². The van der Waals surface area contributed by atoms with Gasteiger partial charge >= 0.3 is 0 Å². The summed E-state index contributed by atoms with van der Waals surface area (Å²) in [5, 5.41) is 21.5. The van der Waals surface area contributed by atoms with Gasteiger partial charge in [0.2, 0.25) is 0 Å². The van der Waals surface area contributed by atoms with Crippen molar-refractivity contribution in [2.75, 3.05) is 20.1 Å². The van der Waals surface area contributed by atoms with Gasteiger partial charge in [-0.05, 0) is 44.5 Å². The maximum absolute atomic E-state index is 10.0. The van der Waals surface area contributed by atoms with Crippen molar-refractivity contribution in [3.05, 3.63) is 23.5 Å². The zero-order valence-electron chi connectivity index (χ0n) is 12.3. The minimum absolute atomic E-state index is 0.0164. The van der Waals surface area contributed by atoms with Crippen LogP contribution in [0.25, 0.3) is 0 Å². The van der Waals surface area contributed by atoms with Crippen molar-refractivity contribution >= 4 is 5.84 Å². The van der Waals surface area contributed by atoms with Crippen molar-refractivity contribution < 1.29 is 10.3 Å². The highest BCUT2D eigenvalue weighted by Crippen LogP contribution is 2.22. The minimum atomic E-state index is -0.190. The van der Waals surface area contributed by atoms with Gasteiger partial charge in [0.05, 0.1) is 6.54 Å². The lowest BCUT2D eigenvalue weighted by atomic mass is 10.1. The van der Waals surface area contributed by atoms with Crippen molar-refractivity contribution in [1.82, 2.24) is 9.88 Å². The van der Waals surface area contributed by atoms with Crippen molar-refractivity contribution in [3.63, 3.8) is 0 Å². The number of hydrogen-bond donors (Lipinski definition) is 3. The molecule has 0 aromatic carbocycles. The molecule has 0 aliphatic heterocycles. The lowest BCUT2D eigenvalue weighted by molar-refractivity contribution is 0.318. The van der Waals surface area contributed by atoms with E-state index in [-0.39, 0.29) is 17.3 Å². The molecular weight excluding hydrogens is 268 g/mol. The van der Waals surface area contributed by atoms with Crippen molar-refractivity contribution in [1.29, 1.82) is 0 Å². The number of aromatic hydroxyl groups is 1. The Morgan fingerprint density at radius 1 is 1.48 bits per heavy atom. The van der Waals surface area contributed by atoms with Crippen LogP contribution in [-0.4, -0.2) is 46.2 Å². The predicted molar refractivity (Wildman–Crippen MR) is 82.3 cm³/mol. The summed E-state index contributed by atoms with van der Waals surface area (Å²) in [6, 6.07) is 1.74. The lowest BCUT2D eigenvalue weighted by Gasteiger charge is -2.12. The second kappa shape index (κ2) is 8.82. The smallest absolute Gasteiger partial charge is 0.192 e. The first-order chi connectivity index (χ1) is 10.1. The second-order valence-corrected chi connectivity index (χ2v) is 4.91. The van der Waals surface area contributed by atoms with E-state index in [1.54, 1.807) is 12.3 Å². The van der Waals surface area contributed by atoms with Crippen LogP contribution in [0.15, 0.2) is 17.4 Å². The molecule has 6 nitrogen and oxygen atoms in total. The molecule has 0 atom stereocenters. The summed E-state index contributed by atoms with van der Waals surface area (Å²) in [4.78, 5) is 6.00. The van der Waals surface area contributed by atoms with Crippen LogP contribution < -0.4 is 5.73 Å². The van der Waals surface area contributed by atoms with E-state index in [1.807, 2.05) is 7.05 Å². The average Bonchev–Trinajstić information content (AvgIpc) is 2.48. The quantitative estimate of drug-likeness (QED) is 0.167. The van der Waals surface area contributed by atoms with E-state index >= 15 is 0 Å². The third kappa shape index (κ3) is 5.32. The number of amidine groups is 1. The highest BCUT2D eigenvalue weighted by Gasteiger charge is 2.11. The average molecular weight is 290 g/mol. The fourth-order valence-corrected chi connectivity index (χ4v) is 2.04. The summed E-state index contributed by atoms with van der Waals surface area (Å²) < 4.78 is 0. The molecule has 1 heterocycles. The number of pyridine rings is 1. The summed E-state index contributed by atoms with van der Waals surface area (Å²) in [6.45, 7) is 1.62. The Morgan fingerprint density at radius 3 is 2.90 bits per heavy atom. The molecule has 0 aliphatic rings. The van der Waals surface area contributed by atoms with Gasteiger partial charge < -0.3 is 16.0 Å². The zero-order chi connectivity index (χ0) is 15.7. The SMILES string of the molecule is C#CCN(C)CCCCCc1ccnc(/C(N)=N/O)c1O. The molecule has 0 saturated carbocycles. The molecule has 6 heteroatoms. The molecule has 0 fully saturated rings. The standard InChI is InChI=1S/C15H22N4O2/c1-3-10-19(2)11-6-4-5-7-12-8-9-17-13(14(12)20)15(16)18-21/h1,8-9,20-21H,4-7,10-11H2,2H3,(H2,16,18). The molecule has 0 saturated heterocycles. The highest BCUT2D eigenvalue weighted by atomic mass is 16.4. The number of aromatic nitrogens is 1. The van der Waals surface area contributed by atoms with Crippen molar-refractivity contribution in [2.24, 2.45) is 10.9 Å². The first kappa shape index (κ1) is 16.8. The van der Waals surface area contributed by atoms with Crippen LogP contribution in [0, 0.1) is 12.3 Å². The predicted octanol–water partition coefficient (Wildman–Crippen LogP) is 1.16. The number of terminal acetylenes is 1. The fourth-order valence-electron chi connectivity index (χ4n) is 2.04. The van der Waals surface area contributed by atoms with E-state index in [1.165, 1.54) is 0 Å². The fraction of sp³-hybridized carbons (Fsp3) is 0.467. The number of aryl methyl sites for hydroxylation is 1. The Balaban J connectivity index is 2.45. The van der Waals surface area contributed by atoms with Crippen LogP contribution in [0.5, 0.6) is 5.75 Å². The normalized spacial score (nSPS) is 11.6. The van der Waals surface area contributed by atoms with Gasteiger partial charge in [0.15, 0.2) is 11.5 Å². The molecule has 1 aromatic heterocycles. The number of nitrogens with two attached hydrogens (primary N) is 1. The molecule has 0 bridgehead atoms. The molecule has 0 spiro atoms. The summed E-state index contributed by atoms with van der Waals surface area (Å²) in [5.41, 5.74) is 6.33. The monoisotopic (exact) mass is 290 g/mol. The van der Waals surface area contributed by atoms with Crippen molar-refractivity contribution in [2.45, 2.75) is 25.7 Å². The van der Waals surface area contributed by atoms with Gasteiger partial charge in [-0.3, -0.25) is 4.90 Å². The van der Waals surface area contributed by atoms with Gasteiger partial charge in [0, 0.05) is 6.20 Å². The number of rotatable bonds is 8. The van der Waals surface area contributed by atoms with Crippen LogP contribution in [0.1, 0.15) is 30.5 Å². The maximum Gasteiger partial charge on any atom is 0.192 e. The topological polar surface area (TPSA) is 95.0 Å². The van der Waals surface area contributed by atoms with E-state index in [2.05, 4.69) is 21.0 Å². The highest BCUT2D eigenvalue weighted by molar-refractivity contribution is 5.97. The van der Waals surface area contributed by atoms with E-state index in [0.29, 0.717) is 6.54 Å². The van der Waals surface area contributed by atoms with E-state index in [0.717, 1.165) is 37.8 Å². The van der Waals surface area contributed by atoms with E-state index < -0.39 is 0 Å². The first-order valence-corrected chi connectivity index (χ1v) is 6.87. The Bertz CT molecular complexity index is 523. The third-order valence-corrected chi connectivity index (χ3v) is 3.21. The molecule has 4 N–H and O–H groups in total. The van der Waals surface area contributed by atoms with E-state index in [4.69, 9.17) is 17.4 Å². The molecule has 0 radical (unpaired) electrons. The third-order valence-electron chi connectivity index (χ3n) is 3.21. The second-order valence-electron chi connectivity index (χ2n) is 4.91. The summed E-state index contributed by atoms with van der Waals surface area (Å²) in [7, 11) is 2.00. The van der Waals surface area contributed by atoms with Gasteiger partial charge in [-0.25, -0.2) is 4.98 Å². The van der Waals surface area contributed by atoms with Gasteiger partial charge in [-0.1, -0.05) is 17.5 Å². The Kier molecular flexibility index (Phi) is 7.05. The van der Waals surface area contributed by atoms with Gasteiger partial charge in [0.25, 0.3) is 0 Å². The lowest BCUT2D eigenvalue weighted by Crippen LogP contribution is -2.19. The van der Waals surface area contributed by atoms with Gasteiger partial charge in [0.1, 0.15) is 5.75 Å². The first-order valence-electron chi connectivity index (χ1n) is 6.87. The Morgan fingerprint density at radius 2 is 2.24 bits per heavy atom. The largest absolute Gasteiger partial charge is 0.505 e. The van der Waals surface area contributed by atoms with Crippen LogP contribution in [0.2, 0.25) is 0 Å². The molecule has 21 heavy (non-hydrogen) atoms. The maximum atomic E-state index is 10.0. The Labute approximate surface area is 125 Å². The van der Waals surface area contributed by atoms with Crippen molar-refractivity contribution in [3.8, 4) is 18.1 Å². The molecule has 1 aromatic rings. The Hall–Kier alpha value is -2.26. The van der Waals surface area contributed by atoms with Crippen LogP contribution in [-0.2, 0) is 6.42 Å². The number of oxime groups is 1. The van der Waals surface area contributed by atoms with Gasteiger partial charge in [-0.2, -0.15) is 0 Å². The van der Waals surface area contributed by atoms with Gasteiger partial charge in [-0.15, -0.1) is 6.42 Å². The molecule has 0 aliphatic carbocycles. The number of hydrogen-bond acceptors (Lipinski definition) is 5. The number of unbranched alkanes of at least 4 members (excludes halogenated alkanes) is 2. The number of nitrogens with zero attached hydrogens (tertiary/aromatic N) is 3. The summed E-state index contributed by atoms with van der Waals surface area (Å²) in [6.07, 6.45) is 10.5. The summed E-state index contributed by atoms with van der Waals surface area (Å²) >= 11 is 0. The zero-order valence-corrected chi connectivity index (χ0v) is 12.3. The molecule has 0 amide bonds. The van der Waals surface area contributed by atoms with Crippen LogP contribution >= 0.6 is 0 Å². The molecular formula is C15H22N4O2. The molecule has 114 valence electrons. The van der Waals surface area contributed by atoms with E-state index in [9.17, 15) is 5.11 Å². The molecule has 1 rings (SSSR count). The van der Waals surface area contributed by atoms with Crippen LogP contribution in [0.4, 0.5) is 0 Å².